The van der Waals surface area contributed by atoms with Gasteiger partial charge in [-0.3, -0.25) is 4.79 Å². The molecule has 17 heavy (non-hydrogen) atoms. The third-order valence-corrected chi connectivity index (χ3v) is 3.33. The molecule has 1 unspecified atom stereocenters. The first-order chi connectivity index (χ1) is 8.31. The Kier molecular flexibility index (Phi) is 4.20. The number of ether oxygens (including phenoxy) is 1. The number of furan rings is 1. The monoisotopic (exact) mass is 237 g/mol. The van der Waals surface area contributed by atoms with Crippen LogP contribution in [0.4, 0.5) is 0 Å². The largest absolute Gasteiger partial charge is 0.467 e. The summed E-state index contributed by atoms with van der Waals surface area (Å²) in [6, 6.07) is 3.68. The maximum Gasteiger partial charge on any atom is 0.223 e. The molecular weight excluding hydrogens is 218 g/mol. The average Bonchev–Trinajstić information content (AvgIpc) is 3.02. The van der Waals surface area contributed by atoms with Crippen LogP contribution in [0.3, 0.4) is 0 Å². The van der Waals surface area contributed by atoms with Crippen molar-refractivity contribution >= 4 is 5.91 Å². The summed E-state index contributed by atoms with van der Waals surface area (Å²) in [5, 5.41) is 2.94. The minimum absolute atomic E-state index is 0.149. The van der Waals surface area contributed by atoms with Gasteiger partial charge in [0.2, 0.25) is 5.91 Å². The van der Waals surface area contributed by atoms with Crippen molar-refractivity contribution in [3.05, 3.63) is 24.2 Å². The van der Waals surface area contributed by atoms with Crippen molar-refractivity contribution in [2.24, 2.45) is 5.92 Å². The molecule has 1 heterocycles. The molecule has 94 valence electrons. The molecule has 1 aliphatic carbocycles. The van der Waals surface area contributed by atoms with E-state index in [-0.39, 0.29) is 17.9 Å². The first kappa shape index (κ1) is 12.2. The van der Waals surface area contributed by atoms with Gasteiger partial charge in [0.05, 0.1) is 12.8 Å². The van der Waals surface area contributed by atoms with Crippen LogP contribution in [-0.2, 0) is 9.53 Å². The summed E-state index contributed by atoms with van der Waals surface area (Å²) in [6.07, 6.45) is 5.79. The topological polar surface area (TPSA) is 51.5 Å². The Bertz CT molecular complexity index is 342. The second kappa shape index (κ2) is 5.87. The smallest absolute Gasteiger partial charge is 0.223 e. The van der Waals surface area contributed by atoms with Gasteiger partial charge >= 0.3 is 0 Å². The number of rotatable bonds is 5. The van der Waals surface area contributed by atoms with E-state index in [4.69, 9.17) is 9.15 Å². The zero-order chi connectivity index (χ0) is 12.1. The van der Waals surface area contributed by atoms with Crippen molar-refractivity contribution in [1.29, 1.82) is 0 Å². The fourth-order valence-corrected chi connectivity index (χ4v) is 2.30. The van der Waals surface area contributed by atoms with Crippen molar-refractivity contribution in [2.75, 3.05) is 13.7 Å². The molecule has 1 aliphatic rings. The molecule has 0 aromatic carbocycles. The average molecular weight is 237 g/mol. The highest BCUT2D eigenvalue weighted by Gasteiger charge is 2.23. The molecule has 0 spiro atoms. The predicted molar refractivity (Wildman–Crippen MR) is 63.4 cm³/mol. The van der Waals surface area contributed by atoms with E-state index in [1.807, 2.05) is 12.1 Å². The van der Waals surface area contributed by atoms with Gasteiger partial charge in [-0.25, -0.2) is 0 Å². The Balaban J connectivity index is 1.81. The van der Waals surface area contributed by atoms with Crippen molar-refractivity contribution in [1.82, 2.24) is 5.32 Å². The van der Waals surface area contributed by atoms with E-state index < -0.39 is 0 Å². The van der Waals surface area contributed by atoms with E-state index in [2.05, 4.69) is 5.32 Å². The molecule has 1 saturated carbocycles. The SMILES string of the molecule is COC(CNC(=O)C1CCCC1)c1ccco1. The summed E-state index contributed by atoms with van der Waals surface area (Å²) < 4.78 is 10.6. The number of carbonyl (C=O) groups is 1. The molecule has 2 rings (SSSR count). The minimum atomic E-state index is -0.199. The summed E-state index contributed by atoms with van der Waals surface area (Å²) in [5.41, 5.74) is 0. The molecule has 0 bridgehead atoms. The van der Waals surface area contributed by atoms with E-state index in [1.54, 1.807) is 13.4 Å². The Labute approximate surface area is 101 Å². The summed E-state index contributed by atoms with van der Waals surface area (Å²) in [4.78, 5) is 11.8. The van der Waals surface area contributed by atoms with Crippen LogP contribution in [0.15, 0.2) is 22.8 Å². The highest BCUT2D eigenvalue weighted by molar-refractivity contribution is 5.78. The molecule has 1 aromatic rings. The number of methoxy groups -OCH3 is 1. The Morgan fingerprint density at radius 1 is 1.59 bits per heavy atom. The molecule has 1 fully saturated rings. The van der Waals surface area contributed by atoms with Crippen LogP contribution < -0.4 is 5.32 Å². The molecule has 1 aromatic heterocycles. The number of amides is 1. The summed E-state index contributed by atoms with van der Waals surface area (Å²) in [7, 11) is 1.62. The van der Waals surface area contributed by atoms with Crippen LogP contribution in [0.1, 0.15) is 37.5 Å². The molecule has 0 aliphatic heterocycles. The Morgan fingerprint density at radius 3 is 2.94 bits per heavy atom. The van der Waals surface area contributed by atoms with Gasteiger partial charge in [-0.15, -0.1) is 0 Å². The number of carbonyl (C=O) groups excluding carboxylic acids is 1. The molecule has 1 atom stereocenters. The van der Waals surface area contributed by atoms with E-state index in [1.165, 1.54) is 12.8 Å². The minimum Gasteiger partial charge on any atom is -0.467 e. The van der Waals surface area contributed by atoms with E-state index >= 15 is 0 Å². The molecular formula is C13H19NO3. The zero-order valence-corrected chi connectivity index (χ0v) is 10.1. The van der Waals surface area contributed by atoms with Crippen LogP contribution in [0, 0.1) is 5.92 Å². The van der Waals surface area contributed by atoms with E-state index in [0.29, 0.717) is 6.54 Å². The van der Waals surface area contributed by atoms with Gasteiger partial charge in [0.1, 0.15) is 11.9 Å². The molecule has 0 radical (unpaired) electrons. The molecule has 0 saturated heterocycles. The van der Waals surface area contributed by atoms with E-state index in [9.17, 15) is 4.79 Å². The van der Waals surface area contributed by atoms with Gasteiger partial charge in [-0.05, 0) is 25.0 Å². The highest BCUT2D eigenvalue weighted by Crippen LogP contribution is 2.25. The third kappa shape index (κ3) is 3.09. The van der Waals surface area contributed by atoms with Crippen LogP contribution in [0.2, 0.25) is 0 Å². The molecule has 1 amide bonds. The number of hydrogen-bond acceptors (Lipinski definition) is 3. The van der Waals surface area contributed by atoms with Crippen molar-refractivity contribution < 1.29 is 13.9 Å². The maximum absolute atomic E-state index is 11.8. The number of hydrogen-bond donors (Lipinski definition) is 1. The van der Waals surface area contributed by atoms with Gasteiger partial charge in [-0.2, -0.15) is 0 Å². The third-order valence-electron chi connectivity index (χ3n) is 3.33. The standard InChI is InChI=1S/C13H19NO3/c1-16-12(11-7-4-8-17-11)9-14-13(15)10-5-2-3-6-10/h4,7-8,10,12H,2-3,5-6,9H2,1H3,(H,14,15). The van der Waals surface area contributed by atoms with Crippen molar-refractivity contribution in [3.8, 4) is 0 Å². The van der Waals surface area contributed by atoms with Crippen molar-refractivity contribution in [2.45, 2.75) is 31.8 Å². The second-order valence-corrected chi connectivity index (χ2v) is 4.47. The van der Waals surface area contributed by atoms with Gasteiger partial charge < -0.3 is 14.5 Å². The lowest BCUT2D eigenvalue weighted by molar-refractivity contribution is -0.125. The normalized spacial score (nSPS) is 18.2. The summed E-state index contributed by atoms with van der Waals surface area (Å²) in [5.74, 6) is 1.10. The lowest BCUT2D eigenvalue weighted by Gasteiger charge is -2.15. The first-order valence-electron chi connectivity index (χ1n) is 6.15. The molecule has 4 heteroatoms. The quantitative estimate of drug-likeness (QED) is 0.854. The maximum atomic E-state index is 11.8. The lowest BCUT2D eigenvalue weighted by atomic mass is 10.1. The van der Waals surface area contributed by atoms with Gasteiger partial charge in [0.15, 0.2) is 0 Å². The van der Waals surface area contributed by atoms with Crippen LogP contribution in [-0.4, -0.2) is 19.6 Å². The van der Waals surface area contributed by atoms with Gasteiger partial charge in [0, 0.05) is 13.0 Å². The number of nitrogens with one attached hydrogen (secondary N) is 1. The lowest BCUT2D eigenvalue weighted by Crippen LogP contribution is -2.33. The second-order valence-electron chi connectivity index (χ2n) is 4.47. The summed E-state index contributed by atoms with van der Waals surface area (Å²) in [6.45, 7) is 0.472. The first-order valence-corrected chi connectivity index (χ1v) is 6.15. The van der Waals surface area contributed by atoms with Crippen LogP contribution >= 0.6 is 0 Å². The Hall–Kier alpha value is -1.29. The molecule has 4 nitrogen and oxygen atoms in total. The fourth-order valence-electron chi connectivity index (χ4n) is 2.30. The Morgan fingerprint density at radius 2 is 2.35 bits per heavy atom. The van der Waals surface area contributed by atoms with Gasteiger partial charge in [0.25, 0.3) is 0 Å². The van der Waals surface area contributed by atoms with Crippen molar-refractivity contribution in [3.63, 3.8) is 0 Å². The van der Waals surface area contributed by atoms with Gasteiger partial charge in [-0.1, -0.05) is 12.8 Å². The molecule has 1 N–H and O–H groups in total. The fraction of sp³-hybridized carbons (Fsp3) is 0.615. The van der Waals surface area contributed by atoms with Crippen LogP contribution in [0.5, 0.6) is 0 Å². The zero-order valence-electron chi connectivity index (χ0n) is 10.1. The highest BCUT2D eigenvalue weighted by atomic mass is 16.5. The van der Waals surface area contributed by atoms with E-state index in [0.717, 1.165) is 18.6 Å². The predicted octanol–water partition coefficient (Wildman–Crippen LogP) is 2.27. The summed E-state index contributed by atoms with van der Waals surface area (Å²) >= 11 is 0. The van der Waals surface area contributed by atoms with Crippen LogP contribution in [0.25, 0.3) is 0 Å².